The lowest BCUT2D eigenvalue weighted by Crippen LogP contribution is -1.66. The summed E-state index contributed by atoms with van der Waals surface area (Å²) >= 11 is 0. The Morgan fingerprint density at radius 3 is 2.33 bits per heavy atom. The van der Waals surface area contributed by atoms with Crippen molar-refractivity contribution in [2.75, 3.05) is 0 Å². The summed E-state index contributed by atoms with van der Waals surface area (Å²) < 4.78 is 11.9. The average Bonchev–Trinajstić information content (AvgIpc) is 2.27. The molecule has 15 heavy (non-hydrogen) atoms. The van der Waals surface area contributed by atoms with Crippen LogP contribution in [0.3, 0.4) is 0 Å². The van der Waals surface area contributed by atoms with Crippen molar-refractivity contribution in [1.29, 1.82) is 5.41 Å². The van der Waals surface area contributed by atoms with Crippen LogP contribution in [0.1, 0.15) is 19.3 Å². The summed E-state index contributed by atoms with van der Waals surface area (Å²) in [5, 5.41) is 6.51. The molecule has 0 atom stereocenters. The number of benzene rings is 1. The quantitative estimate of drug-likeness (QED) is 0.437. The highest BCUT2D eigenvalue weighted by Crippen LogP contribution is 1.93. The van der Waals surface area contributed by atoms with Crippen LogP contribution in [0.5, 0.6) is 0 Å². The molecule has 0 saturated heterocycles. The maximum absolute atomic E-state index is 11.9. The van der Waals surface area contributed by atoms with E-state index in [9.17, 15) is 4.39 Å². The van der Waals surface area contributed by atoms with Crippen molar-refractivity contribution in [3.63, 3.8) is 0 Å². The van der Waals surface area contributed by atoms with Crippen molar-refractivity contribution in [3.05, 3.63) is 54.9 Å². The summed E-state index contributed by atoms with van der Waals surface area (Å²) in [6.45, 7) is 3.58. The predicted molar refractivity (Wildman–Crippen MR) is 62.7 cm³/mol. The standard InChI is InChI=1S/C7H11N.C6H5F/c1-2-3-4-5-6-7-8;7-6-4-2-1-3-5-6/h2,6,8H,1,3-5H2;1-5H. The second-order valence-electron chi connectivity index (χ2n) is 2.86. The highest BCUT2D eigenvalue weighted by molar-refractivity contribution is 5.46. The van der Waals surface area contributed by atoms with E-state index in [0.29, 0.717) is 0 Å². The predicted octanol–water partition coefficient (Wildman–Crippen LogP) is 3.97. The van der Waals surface area contributed by atoms with Crippen LogP contribution >= 0.6 is 0 Å². The number of rotatable bonds is 4. The fraction of sp³-hybridized carbons (Fsp3) is 0.231. The van der Waals surface area contributed by atoms with Crippen LogP contribution in [0.15, 0.2) is 49.1 Å². The van der Waals surface area contributed by atoms with Gasteiger partial charge in [0, 0.05) is 0 Å². The molecule has 1 aromatic rings. The van der Waals surface area contributed by atoms with E-state index in [4.69, 9.17) is 5.41 Å². The van der Waals surface area contributed by atoms with E-state index in [1.54, 1.807) is 24.3 Å². The SMILES string of the molecule is C=CCCCC=C=N.Fc1ccccc1. The van der Waals surface area contributed by atoms with Gasteiger partial charge in [0.05, 0.1) is 0 Å². The van der Waals surface area contributed by atoms with Gasteiger partial charge in [0.2, 0.25) is 0 Å². The highest BCUT2D eigenvalue weighted by atomic mass is 19.1. The summed E-state index contributed by atoms with van der Waals surface area (Å²) in [6.07, 6.45) is 6.70. The zero-order valence-electron chi connectivity index (χ0n) is 8.75. The fourth-order valence-corrected chi connectivity index (χ4v) is 0.851. The first kappa shape index (κ1) is 13.3. The van der Waals surface area contributed by atoms with Gasteiger partial charge in [-0.15, -0.1) is 6.58 Å². The van der Waals surface area contributed by atoms with Crippen LogP contribution in [0.25, 0.3) is 0 Å². The minimum absolute atomic E-state index is 0.178. The Kier molecular flexibility index (Phi) is 9.27. The molecule has 1 N–H and O–H groups in total. The van der Waals surface area contributed by atoms with Gasteiger partial charge >= 0.3 is 0 Å². The molecule has 0 amide bonds. The lowest BCUT2D eigenvalue weighted by atomic mass is 10.2. The van der Waals surface area contributed by atoms with Crippen molar-refractivity contribution < 1.29 is 4.39 Å². The number of hydrogen-bond donors (Lipinski definition) is 1. The normalized spacial score (nSPS) is 8.07. The molecule has 1 rings (SSSR count). The van der Waals surface area contributed by atoms with E-state index in [1.807, 2.05) is 6.08 Å². The Labute approximate surface area is 90.5 Å². The van der Waals surface area contributed by atoms with Crippen molar-refractivity contribution in [1.82, 2.24) is 0 Å². The fourth-order valence-electron chi connectivity index (χ4n) is 0.851. The molecule has 1 nitrogen and oxygen atoms in total. The maximum atomic E-state index is 11.9. The van der Waals surface area contributed by atoms with Crippen molar-refractivity contribution in [2.45, 2.75) is 19.3 Å². The van der Waals surface area contributed by atoms with Crippen LogP contribution in [0.4, 0.5) is 4.39 Å². The molecule has 0 fully saturated rings. The topological polar surface area (TPSA) is 23.9 Å². The number of nitrogens with one attached hydrogen (secondary N) is 1. The summed E-state index contributed by atoms with van der Waals surface area (Å²) in [5.41, 5.74) is 0. The van der Waals surface area contributed by atoms with E-state index in [1.165, 1.54) is 12.1 Å². The first-order valence-electron chi connectivity index (χ1n) is 4.86. The van der Waals surface area contributed by atoms with E-state index in [0.717, 1.165) is 19.3 Å². The van der Waals surface area contributed by atoms with E-state index >= 15 is 0 Å². The van der Waals surface area contributed by atoms with Gasteiger partial charge in [0.15, 0.2) is 0 Å². The smallest absolute Gasteiger partial charge is 0.123 e. The maximum Gasteiger partial charge on any atom is 0.123 e. The van der Waals surface area contributed by atoms with Gasteiger partial charge < -0.3 is 0 Å². The minimum atomic E-state index is -0.178. The zero-order valence-corrected chi connectivity index (χ0v) is 8.75. The van der Waals surface area contributed by atoms with Gasteiger partial charge in [-0.3, -0.25) is 5.41 Å². The van der Waals surface area contributed by atoms with Crippen molar-refractivity contribution in [2.24, 2.45) is 0 Å². The van der Waals surface area contributed by atoms with E-state index in [-0.39, 0.29) is 5.82 Å². The third kappa shape index (κ3) is 10.3. The van der Waals surface area contributed by atoms with Gasteiger partial charge in [-0.25, -0.2) is 4.39 Å². The van der Waals surface area contributed by atoms with Crippen molar-refractivity contribution >= 4 is 5.87 Å². The van der Waals surface area contributed by atoms with Crippen LogP contribution in [0.2, 0.25) is 0 Å². The first-order chi connectivity index (χ1) is 7.31. The summed E-state index contributed by atoms with van der Waals surface area (Å²) in [6, 6.07) is 7.94. The second-order valence-corrected chi connectivity index (χ2v) is 2.86. The zero-order chi connectivity index (χ0) is 11.4. The molecule has 2 heteroatoms. The minimum Gasteiger partial charge on any atom is -0.259 e. The summed E-state index contributed by atoms with van der Waals surface area (Å²) in [5.74, 6) is 2.04. The molecular formula is C13H16FN. The Hall–Kier alpha value is -1.66. The molecule has 80 valence electrons. The third-order valence-corrected chi connectivity index (χ3v) is 1.59. The van der Waals surface area contributed by atoms with E-state index in [2.05, 4.69) is 12.4 Å². The number of unbranched alkanes of at least 4 members (excludes halogenated alkanes) is 2. The lowest BCUT2D eigenvalue weighted by Gasteiger charge is -1.83. The molecule has 0 aliphatic heterocycles. The van der Waals surface area contributed by atoms with Crippen molar-refractivity contribution in [3.8, 4) is 0 Å². The molecular weight excluding hydrogens is 189 g/mol. The van der Waals surface area contributed by atoms with Crippen LogP contribution in [-0.4, -0.2) is 5.87 Å². The van der Waals surface area contributed by atoms with E-state index < -0.39 is 0 Å². The molecule has 0 aliphatic carbocycles. The van der Waals surface area contributed by atoms with Crippen LogP contribution in [0, 0.1) is 11.2 Å². The van der Waals surface area contributed by atoms with Gasteiger partial charge in [-0.2, -0.15) is 0 Å². The molecule has 1 aromatic carbocycles. The highest BCUT2D eigenvalue weighted by Gasteiger charge is 1.77. The summed E-state index contributed by atoms with van der Waals surface area (Å²) in [4.78, 5) is 0. The molecule has 0 heterocycles. The second kappa shape index (κ2) is 10.4. The number of halogens is 1. The molecule has 0 bridgehead atoms. The molecule has 0 aromatic heterocycles. The molecule has 0 spiro atoms. The first-order valence-corrected chi connectivity index (χ1v) is 4.86. The third-order valence-electron chi connectivity index (χ3n) is 1.59. The summed E-state index contributed by atoms with van der Waals surface area (Å²) in [7, 11) is 0. The number of hydrogen-bond acceptors (Lipinski definition) is 1. The van der Waals surface area contributed by atoms with Crippen LogP contribution in [-0.2, 0) is 0 Å². The van der Waals surface area contributed by atoms with Crippen LogP contribution < -0.4 is 0 Å². The largest absolute Gasteiger partial charge is 0.259 e. The molecule has 0 unspecified atom stereocenters. The number of allylic oxidation sites excluding steroid dienone is 2. The van der Waals surface area contributed by atoms with Gasteiger partial charge in [-0.1, -0.05) is 24.3 Å². The average molecular weight is 205 g/mol. The van der Waals surface area contributed by atoms with Gasteiger partial charge in [0.1, 0.15) is 5.82 Å². The van der Waals surface area contributed by atoms with Gasteiger partial charge in [-0.05, 0) is 43.3 Å². The Morgan fingerprint density at radius 2 is 1.93 bits per heavy atom. The Morgan fingerprint density at radius 1 is 1.27 bits per heavy atom. The molecule has 0 radical (unpaired) electrons. The monoisotopic (exact) mass is 205 g/mol. The molecule has 0 aliphatic rings. The molecule has 0 saturated carbocycles. The van der Waals surface area contributed by atoms with Gasteiger partial charge in [0.25, 0.3) is 0 Å². The lowest BCUT2D eigenvalue weighted by molar-refractivity contribution is 0.628. The Bertz CT molecular complexity index is 300. The Balaban J connectivity index is 0.000000262.